The number of fused-ring (bicyclic) bond motifs is 1. The Morgan fingerprint density at radius 3 is 3.05 bits per heavy atom. The topological polar surface area (TPSA) is 46.3 Å². The van der Waals surface area contributed by atoms with Gasteiger partial charge in [-0.3, -0.25) is 4.79 Å². The molecule has 1 aliphatic carbocycles. The van der Waals surface area contributed by atoms with E-state index in [1.165, 1.54) is 12.1 Å². The molecule has 19 heavy (non-hydrogen) atoms. The second-order valence-corrected chi connectivity index (χ2v) is 5.55. The summed E-state index contributed by atoms with van der Waals surface area (Å²) >= 11 is 0. The van der Waals surface area contributed by atoms with Gasteiger partial charge in [-0.2, -0.15) is 0 Å². The number of nitrogens with two attached hydrogens (primary N) is 1. The van der Waals surface area contributed by atoms with Crippen molar-refractivity contribution < 1.29 is 9.18 Å². The lowest BCUT2D eigenvalue weighted by Gasteiger charge is -2.24. The van der Waals surface area contributed by atoms with Crippen LogP contribution in [0.4, 0.5) is 10.1 Å². The summed E-state index contributed by atoms with van der Waals surface area (Å²) in [6, 6.07) is 4.73. The lowest BCUT2D eigenvalue weighted by atomic mass is 9.94. The number of nitrogens with zero attached hydrogens (tertiary/aromatic N) is 1. The van der Waals surface area contributed by atoms with Gasteiger partial charge in [0.1, 0.15) is 5.82 Å². The second kappa shape index (κ2) is 4.93. The van der Waals surface area contributed by atoms with Crippen LogP contribution in [-0.4, -0.2) is 19.0 Å². The molecule has 2 aliphatic rings. The zero-order chi connectivity index (χ0) is 13.4. The number of carbonyl (C=O) groups is 1. The van der Waals surface area contributed by atoms with Crippen molar-refractivity contribution in [2.24, 2.45) is 17.6 Å². The van der Waals surface area contributed by atoms with E-state index in [0.717, 1.165) is 36.9 Å². The molecule has 4 heteroatoms. The zero-order valence-corrected chi connectivity index (χ0v) is 10.9. The Labute approximate surface area is 112 Å². The van der Waals surface area contributed by atoms with Crippen LogP contribution in [0.3, 0.4) is 0 Å². The Morgan fingerprint density at radius 1 is 1.42 bits per heavy atom. The standard InChI is InChI=1S/C15H19FN2O/c16-12-5-4-10-6-7-18(14(10)8-12)15(19)13-3-1-2-11(13)9-17/h4-5,8,11,13H,1-3,6-7,9,17H2. The van der Waals surface area contributed by atoms with Crippen LogP contribution in [0.1, 0.15) is 24.8 Å². The molecule has 1 amide bonds. The summed E-state index contributed by atoms with van der Waals surface area (Å²) in [5.74, 6) is 0.182. The Bertz CT molecular complexity index is 503. The normalized spacial score (nSPS) is 25.7. The largest absolute Gasteiger partial charge is 0.330 e. The predicted octanol–water partition coefficient (Wildman–Crippen LogP) is 2.09. The van der Waals surface area contributed by atoms with Crippen LogP contribution in [0.5, 0.6) is 0 Å². The molecule has 0 radical (unpaired) electrons. The van der Waals surface area contributed by atoms with Gasteiger partial charge >= 0.3 is 0 Å². The maximum absolute atomic E-state index is 13.4. The van der Waals surface area contributed by atoms with Crippen LogP contribution in [0.2, 0.25) is 0 Å². The highest BCUT2D eigenvalue weighted by molar-refractivity contribution is 5.97. The van der Waals surface area contributed by atoms with Crippen molar-refractivity contribution in [2.45, 2.75) is 25.7 Å². The minimum atomic E-state index is -0.278. The number of rotatable bonds is 2. The van der Waals surface area contributed by atoms with Gasteiger partial charge < -0.3 is 10.6 Å². The van der Waals surface area contributed by atoms with Crippen molar-refractivity contribution in [1.29, 1.82) is 0 Å². The third-order valence-corrected chi connectivity index (χ3v) is 4.49. The summed E-state index contributed by atoms with van der Waals surface area (Å²) in [7, 11) is 0. The smallest absolute Gasteiger partial charge is 0.230 e. The van der Waals surface area contributed by atoms with E-state index in [4.69, 9.17) is 5.73 Å². The number of hydrogen-bond donors (Lipinski definition) is 1. The number of carbonyl (C=O) groups excluding carboxylic acids is 1. The van der Waals surface area contributed by atoms with Gasteiger partial charge in [0, 0.05) is 18.2 Å². The first-order valence-corrected chi connectivity index (χ1v) is 7.00. The minimum Gasteiger partial charge on any atom is -0.330 e. The average Bonchev–Trinajstić information content (AvgIpc) is 3.03. The fourth-order valence-corrected chi connectivity index (χ4v) is 3.43. The fraction of sp³-hybridized carbons (Fsp3) is 0.533. The monoisotopic (exact) mass is 262 g/mol. The van der Waals surface area contributed by atoms with E-state index in [1.807, 2.05) is 0 Å². The summed E-state index contributed by atoms with van der Waals surface area (Å²) in [6.07, 6.45) is 3.85. The first-order valence-electron chi connectivity index (χ1n) is 7.00. The van der Waals surface area contributed by atoms with E-state index in [0.29, 0.717) is 19.0 Å². The van der Waals surface area contributed by atoms with E-state index in [2.05, 4.69) is 0 Å². The SMILES string of the molecule is NCC1CCCC1C(=O)N1CCc2ccc(F)cc21. The van der Waals surface area contributed by atoms with Crippen molar-refractivity contribution in [3.63, 3.8) is 0 Å². The summed E-state index contributed by atoms with van der Waals surface area (Å²) in [5.41, 5.74) is 7.57. The third kappa shape index (κ3) is 2.14. The van der Waals surface area contributed by atoms with Crippen LogP contribution in [0.15, 0.2) is 18.2 Å². The molecular formula is C15H19FN2O. The van der Waals surface area contributed by atoms with Crippen molar-refractivity contribution in [1.82, 2.24) is 0 Å². The van der Waals surface area contributed by atoms with Crippen LogP contribution in [-0.2, 0) is 11.2 Å². The van der Waals surface area contributed by atoms with Crippen molar-refractivity contribution in [2.75, 3.05) is 18.0 Å². The highest BCUT2D eigenvalue weighted by Crippen LogP contribution is 2.36. The molecule has 3 rings (SSSR count). The molecule has 0 saturated heterocycles. The number of hydrogen-bond acceptors (Lipinski definition) is 2. The average molecular weight is 262 g/mol. The first-order chi connectivity index (χ1) is 9.20. The van der Waals surface area contributed by atoms with Gasteiger partial charge in [0.05, 0.1) is 0 Å². The van der Waals surface area contributed by atoms with Gasteiger partial charge in [0.15, 0.2) is 0 Å². The lowest BCUT2D eigenvalue weighted by molar-refractivity contribution is -0.123. The lowest BCUT2D eigenvalue weighted by Crippen LogP contribution is -2.38. The van der Waals surface area contributed by atoms with E-state index in [1.54, 1.807) is 11.0 Å². The quantitative estimate of drug-likeness (QED) is 0.887. The summed E-state index contributed by atoms with van der Waals surface area (Å²) < 4.78 is 13.4. The van der Waals surface area contributed by atoms with Crippen molar-refractivity contribution in [3.05, 3.63) is 29.6 Å². The Hall–Kier alpha value is -1.42. The fourth-order valence-electron chi connectivity index (χ4n) is 3.43. The van der Waals surface area contributed by atoms with E-state index in [-0.39, 0.29) is 17.6 Å². The molecule has 1 heterocycles. The van der Waals surface area contributed by atoms with Gasteiger partial charge in [-0.1, -0.05) is 12.5 Å². The molecule has 1 aromatic carbocycles. The van der Waals surface area contributed by atoms with Crippen LogP contribution >= 0.6 is 0 Å². The number of amides is 1. The molecule has 3 nitrogen and oxygen atoms in total. The van der Waals surface area contributed by atoms with E-state index in [9.17, 15) is 9.18 Å². The summed E-state index contributed by atoms with van der Waals surface area (Å²) in [4.78, 5) is 14.4. The predicted molar refractivity (Wildman–Crippen MR) is 72.3 cm³/mol. The number of benzene rings is 1. The highest BCUT2D eigenvalue weighted by Gasteiger charge is 2.37. The highest BCUT2D eigenvalue weighted by atomic mass is 19.1. The molecule has 2 unspecified atom stereocenters. The van der Waals surface area contributed by atoms with Gasteiger partial charge in [-0.15, -0.1) is 0 Å². The van der Waals surface area contributed by atoms with Crippen LogP contribution < -0.4 is 10.6 Å². The first kappa shape index (κ1) is 12.6. The Kier molecular flexibility index (Phi) is 3.27. The van der Waals surface area contributed by atoms with Gasteiger partial charge in [-0.25, -0.2) is 4.39 Å². The number of anilines is 1. The zero-order valence-electron chi connectivity index (χ0n) is 10.9. The maximum Gasteiger partial charge on any atom is 0.230 e. The third-order valence-electron chi connectivity index (χ3n) is 4.49. The second-order valence-electron chi connectivity index (χ2n) is 5.55. The molecular weight excluding hydrogens is 243 g/mol. The molecule has 2 N–H and O–H groups in total. The van der Waals surface area contributed by atoms with Crippen LogP contribution in [0.25, 0.3) is 0 Å². The molecule has 1 aromatic rings. The molecule has 0 bridgehead atoms. The van der Waals surface area contributed by atoms with Gasteiger partial charge in [-0.05, 0) is 49.4 Å². The molecule has 2 atom stereocenters. The number of halogens is 1. The molecule has 1 saturated carbocycles. The van der Waals surface area contributed by atoms with E-state index < -0.39 is 0 Å². The Morgan fingerprint density at radius 2 is 2.26 bits per heavy atom. The molecule has 0 aromatic heterocycles. The van der Waals surface area contributed by atoms with Gasteiger partial charge in [0.25, 0.3) is 0 Å². The van der Waals surface area contributed by atoms with Gasteiger partial charge in [0.2, 0.25) is 5.91 Å². The molecule has 0 spiro atoms. The molecule has 1 aliphatic heterocycles. The summed E-state index contributed by atoms with van der Waals surface area (Å²) in [5, 5.41) is 0. The van der Waals surface area contributed by atoms with E-state index >= 15 is 0 Å². The minimum absolute atomic E-state index is 0.0271. The Balaban J connectivity index is 1.85. The summed E-state index contributed by atoms with van der Waals surface area (Å²) in [6.45, 7) is 1.24. The maximum atomic E-state index is 13.4. The van der Waals surface area contributed by atoms with Crippen LogP contribution in [0, 0.1) is 17.7 Å². The molecule has 102 valence electrons. The molecule has 1 fully saturated rings. The van der Waals surface area contributed by atoms with Crippen molar-refractivity contribution >= 4 is 11.6 Å². The van der Waals surface area contributed by atoms with Crippen molar-refractivity contribution in [3.8, 4) is 0 Å².